The third-order valence-electron chi connectivity index (χ3n) is 3.46. The van der Waals surface area contributed by atoms with Crippen LogP contribution in [0.25, 0.3) is 16.7 Å². The Bertz CT molecular complexity index is 955. The van der Waals surface area contributed by atoms with E-state index in [0.29, 0.717) is 5.82 Å². The fourth-order valence-electron chi connectivity index (χ4n) is 2.27. The highest BCUT2D eigenvalue weighted by atomic mass is 16.5. The van der Waals surface area contributed by atoms with E-state index >= 15 is 0 Å². The second-order valence-electron chi connectivity index (χ2n) is 5.91. The van der Waals surface area contributed by atoms with E-state index in [1.54, 1.807) is 6.07 Å². The number of aromatic nitrogens is 3. The molecule has 0 spiro atoms. The standard InChI is InChI=1S/C18H17N5O2/c1-12(2)11-25-18(24)22-17-14(9-19)10-20-23(17)16-8-7-13-5-3-4-6-15(13)21-16/h3-8,10,12H,11H2,1-2H3,(H,22,24). The maximum Gasteiger partial charge on any atom is 0.412 e. The number of benzene rings is 1. The molecule has 3 rings (SSSR count). The quantitative estimate of drug-likeness (QED) is 0.787. The molecule has 0 saturated heterocycles. The van der Waals surface area contributed by atoms with Crippen molar-refractivity contribution >= 4 is 22.8 Å². The molecular formula is C18H17N5O2. The number of ether oxygens (including phenoxy) is 1. The largest absolute Gasteiger partial charge is 0.449 e. The number of carbonyl (C=O) groups excluding carboxylic acids is 1. The van der Waals surface area contributed by atoms with Crippen LogP contribution in [0, 0.1) is 17.2 Å². The van der Waals surface area contributed by atoms with Gasteiger partial charge in [0.25, 0.3) is 0 Å². The van der Waals surface area contributed by atoms with Gasteiger partial charge in [0.15, 0.2) is 11.6 Å². The average Bonchev–Trinajstić information content (AvgIpc) is 3.02. The highest BCUT2D eigenvalue weighted by Gasteiger charge is 2.17. The molecule has 0 atom stereocenters. The van der Waals surface area contributed by atoms with E-state index in [2.05, 4.69) is 15.4 Å². The van der Waals surface area contributed by atoms with Crippen LogP contribution in [0.15, 0.2) is 42.6 Å². The zero-order valence-electron chi connectivity index (χ0n) is 13.9. The monoisotopic (exact) mass is 335 g/mol. The number of hydrogen-bond acceptors (Lipinski definition) is 5. The van der Waals surface area contributed by atoms with Gasteiger partial charge in [-0.1, -0.05) is 32.0 Å². The first kappa shape index (κ1) is 16.5. The molecule has 7 nitrogen and oxygen atoms in total. The molecule has 0 saturated carbocycles. The van der Waals surface area contributed by atoms with Crippen LogP contribution < -0.4 is 5.32 Å². The lowest BCUT2D eigenvalue weighted by molar-refractivity contribution is 0.147. The summed E-state index contributed by atoms with van der Waals surface area (Å²) in [5.41, 5.74) is 1.03. The molecule has 0 radical (unpaired) electrons. The number of nitrogens with zero attached hydrogens (tertiary/aromatic N) is 4. The third kappa shape index (κ3) is 3.58. The summed E-state index contributed by atoms with van der Waals surface area (Å²) in [6.07, 6.45) is 0.752. The molecule has 0 aliphatic rings. The van der Waals surface area contributed by atoms with Gasteiger partial charge < -0.3 is 4.74 Å². The van der Waals surface area contributed by atoms with Crippen molar-refractivity contribution in [3.63, 3.8) is 0 Å². The Morgan fingerprint density at radius 1 is 1.32 bits per heavy atom. The summed E-state index contributed by atoms with van der Waals surface area (Å²) in [5, 5.41) is 17.0. The summed E-state index contributed by atoms with van der Waals surface area (Å²) < 4.78 is 6.53. The Hall–Kier alpha value is -3.40. The molecule has 25 heavy (non-hydrogen) atoms. The molecule has 0 aliphatic heterocycles. The Morgan fingerprint density at radius 3 is 2.88 bits per heavy atom. The molecule has 2 heterocycles. The highest BCUT2D eigenvalue weighted by molar-refractivity contribution is 5.86. The fourth-order valence-corrected chi connectivity index (χ4v) is 2.27. The second-order valence-corrected chi connectivity index (χ2v) is 5.91. The van der Waals surface area contributed by atoms with E-state index in [4.69, 9.17) is 4.74 Å². The third-order valence-corrected chi connectivity index (χ3v) is 3.46. The summed E-state index contributed by atoms with van der Waals surface area (Å²) in [4.78, 5) is 16.5. The van der Waals surface area contributed by atoms with Crippen molar-refractivity contribution < 1.29 is 9.53 Å². The lowest BCUT2D eigenvalue weighted by Gasteiger charge is -2.11. The average molecular weight is 335 g/mol. The normalized spacial score (nSPS) is 10.6. The van der Waals surface area contributed by atoms with E-state index in [9.17, 15) is 10.1 Å². The molecule has 126 valence electrons. The molecule has 1 aromatic carbocycles. The summed E-state index contributed by atoms with van der Waals surface area (Å²) >= 11 is 0. The highest BCUT2D eigenvalue weighted by Crippen LogP contribution is 2.21. The molecule has 0 aliphatic carbocycles. The first-order valence-electron chi connectivity index (χ1n) is 7.86. The van der Waals surface area contributed by atoms with Crippen molar-refractivity contribution in [2.24, 2.45) is 5.92 Å². The molecule has 0 bridgehead atoms. The number of nitriles is 1. The smallest absolute Gasteiger partial charge is 0.412 e. The number of carbonyl (C=O) groups is 1. The zero-order chi connectivity index (χ0) is 17.8. The fraction of sp³-hybridized carbons (Fsp3) is 0.222. The molecule has 2 aromatic heterocycles. The first-order valence-corrected chi connectivity index (χ1v) is 7.86. The number of fused-ring (bicyclic) bond motifs is 1. The number of hydrogen-bond donors (Lipinski definition) is 1. The van der Waals surface area contributed by atoms with Crippen molar-refractivity contribution in [3.05, 3.63) is 48.2 Å². The Kier molecular flexibility index (Phi) is 4.61. The second kappa shape index (κ2) is 7.01. The van der Waals surface area contributed by atoms with Gasteiger partial charge >= 0.3 is 6.09 Å². The van der Waals surface area contributed by atoms with E-state index in [1.165, 1.54) is 10.9 Å². The topological polar surface area (TPSA) is 92.8 Å². The van der Waals surface area contributed by atoms with Crippen molar-refractivity contribution in [1.29, 1.82) is 5.26 Å². The lowest BCUT2D eigenvalue weighted by atomic mass is 10.2. The lowest BCUT2D eigenvalue weighted by Crippen LogP contribution is -2.19. The van der Waals surface area contributed by atoms with Crippen LogP contribution in [0.4, 0.5) is 10.6 Å². The first-order chi connectivity index (χ1) is 12.1. The molecule has 1 amide bonds. The minimum Gasteiger partial charge on any atom is -0.449 e. The summed E-state index contributed by atoms with van der Waals surface area (Å²) in [6.45, 7) is 4.17. The van der Waals surface area contributed by atoms with Gasteiger partial charge in [-0.2, -0.15) is 15.0 Å². The maximum atomic E-state index is 12.0. The number of nitrogens with one attached hydrogen (secondary N) is 1. The van der Waals surface area contributed by atoms with E-state index in [-0.39, 0.29) is 23.9 Å². The van der Waals surface area contributed by atoms with Crippen molar-refractivity contribution in [3.8, 4) is 11.9 Å². The van der Waals surface area contributed by atoms with E-state index < -0.39 is 6.09 Å². The maximum absolute atomic E-state index is 12.0. The number of pyridine rings is 1. The molecule has 0 fully saturated rings. The molecule has 7 heteroatoms. The number of para-hydroxylation sites is 1. The van der Waals surface area contributed by atoms with Crippen LogP contribution in [-0.2, 0) is 4.74 Å². The van der Waals surface area contributed by atoms with Crippen LogP contribution in [0.3, 0.4) is 0 Å². The van der Waals surface area contributed by atoms with Gasteiger partial charge in [-0.05, 0) is 24.1 Å². The molecule has 0 unspecified atom stereocenters. The predicted octanol–water partition coefficient (Wildman–Crippen LogP) is 3.50. The molecular weight excluding hydrogens is 318 g/mol. The van der Waals surface area contributed by atoms with Crippen molar-refractivity contribution in [1.82, 2.24) is 14.8 Å². The van der Waals surface area contributed by atoms with Gasteiger partial charge in [0.1, 0.15) is 11.6 Å². The van der Waals surface area contributed by atoms with Crippen LogP contribution in [0.2, 0.25) is 0 Å². The summed E-state index contributed by atoms with van der Waals surface area (Å²) in [5.74, 6) is 0.951. The van der Waals surface area contributed by atoms with E-state index in [0.717, 1.165) is 10.9 Å². The Labute approximate surface area is 144 Å². The van der Waals surface area contributed by atoms with Gasteiger partial charge in [0.05, 0.1) is 18.3 Å². The van der Waals surface area contributed by atoms with Gasteiger partial charge in [0.2, 0.25) is 0 Å². The van der Waals surface area contributed by atoms with Gasteiger partial charge in [0, 0.05) is 5.39 Å². The zero-order valence-corrected chi connectivity index (χ0v) is 13.9. The molecule has 3 aromatic rings. The minimum absolute atomic E-state index is 0.216. The summed E-state index contributed by atoms with van der Waals surface area (Å²) in [6, 6.07) is 13.4. The van der Waals surface area contributed by atoms with Crippen LogP contribution in [0.1, 0.15) is 19.4 Å². The van der Waals surface area contributed by atoms with E-state index in [1.807, 2.05) is 50.2 Å². The van der Waals surface area contributed by atoms with Crippen LogP contribution >= 0.6 is 0 Å². The van der Waals surface area contributed by atoms with Crippen LogP contribution in [-0.4, -0.2) is 27.5 Å². The van der Waals surface area contributed by atoms with Gasteiger partial charge in [-0.15, -0.1) is 0 Å². The summed E-state index contributed by atoms with van der Waals surface area (Å²) in [7, 11) is 0. The van der Waals surface area contributed by atoms with Crippen LogP contribution in [0.5, 0.6) is 0 Å². The Morgan fingerprint density at radius 2 is 2.12 bits per heavy atom. The van der Waals surface area contributed by atoms with Crippen molar-refractivity contribution in [2.45, 2.75) is 13.8 Å². The van der Waals surface area contributed by atoms with Gasteiger partial charge in [-0.25, -0.2) is 9.78 Å². The number of anilines is 1. The SMILES string of the molecule is CC(C)COC(=O)Nc1c(C#N)cnn1-c1ccc2ccccc2n1. The number of rotatable bonds is 4. The predicted molar refractivity (Wildman–Crippen MR) is 93.4 cm³/mol. The number of amides is 1. The molecule has 1 N–H and O–H groups in total. The van der Waals surface area contributed by atoms with Crippen molar-refractivity contribution in [2.75, 3.05) is 11.9 Å². The van der Waals surface area contributed by atoms with Gasteiger partial charge in [-0.3, -0.25) is 5.32 Å². The minimum atomic E-state index is -0.632. The Balaban J connectivity index is 1.94.